The Kier molecular flexibility index (Phi) is 7.25. The molecule has 0 saturated carbocycles. The second-order valence-electron chi connectivity index (χ2n) is 5.36. The van der Waals surface area contributed by atoms with Gasteiger partial charge in [-0.05, 0) is 42.7 Å². The highest BCUT2D eigenvalue weighted by molar-refractivity contribution is 5.93. The zero-order chi connectivity index (χ0) is 17.9. The Labute approximate surface area is 147 Å². The molecule has 0 saturated heterocycles. The number of nitrogens with one attached hydrogen (secondary N) is 2. The normalized spacial score (nSPS) is 10.4. The Morgan fingerprint density at radius 1 is 1.00 bits per heavy atom. The predicted molar refractivity (Wildman–Crippen MR) is 97.7 cm³/mol. The van der Waals surface area contributed by atoms with Gasteiger partial charge >= 0.3 is 0 Å². The van der Waals surface area contributed by atoms with E-state index in [1.54, 1.807) is 6.08 Å². The molecule has 25 heavy (non-hydrogen) atoms. The van der Waals surface area contributed by atoms with E-state index in [-0.39, 0.29) is 11.8 Å². The van der Waals surface area contributed by atoms with Crippen molar-refractivity contribution in [2.75, 3.05) is 6.61 Å². The molecular formula is C20H22N2O3. The van der Waals surface area contributed by atoms with Crippen LogP contribution < -0.4 is 15.6 Å². The molecular weight excluding hydrogens is 316 g/mol. The van der Waals surface area contributed by atoms with E-state index in [1.807, 2.05) is 61.5 Å². The van der Waals surface area contributed by atoms with Crippen LogP contribution in [0.2, 0.25) is 0 Å². The number of hydrogen-bond acceptors (Lipinski definition) is 3. The van der Waals surface area contributed by atoms with Gasteiger partial charge in [0.15, 0.2) is 0 Å². The molecule has 2 N–H and O–H groups in total. The van der Waals surface area contributed by atoms with Crippen molar-refractivity contribution in [3.05, 3.63) is 71.8 Å². The fraction of sp³-hybridized carbons (Fsp3) is 0.200. The smallest absolute Gasteiger partial charge is 0.262 e. The first kappa shape index (κ1) is 18.3. The Balaban J connectivity index is 1.71. The zero-order valence-electron chi connectivity index (χ0n) is 14.2. The van der Waals surface area contributed by atoms with Crippen LogP contribution in [0, 0.1) is 0 Å². The molecule has 0 aliphatic heterocycles. The van der Waals surface area contributed by atoms with Crippen LogP contribution >= 0.6 is 0 Å². The molecule has 0 unspecified atom stereocenters. The number of ether oxygens (including phenoxy) is 1. The van der Waals surface area contributed by atoms with Crippen LogP contribution in [0.5, 0.6) is 5.75 Å². The van der Waals surface area contributed by atoms with E-state index in [0.29, 0.717) is 19.4 Å². The van der Waals surface area contributed by atoms with Gasteiger partial charge in [-0.1, -0.05) is 42.5 Å². The summed E-state index contributed by atoms with van der Waals surface area (Å²) in [7, 11) is 0. The van der Waals surface area contributed by atoms with E-state index in [9.17, 15) is 9.59 Å². The fourth-order valence-electron chi connectivity index (χ4n) is 2.15. The Bertz CT molecular complexity index is 709. The Morgan fingerprint density at radius 2 is 1.72 bits per heavy atom. The van der Waals surface area contributed by atoms with Crippen molar-refractivity contribution in [3.8, 4) is 5.75 Å². The predicted octanol–water partition coefficient (Wildman–Crippen LogP) is 2.88. The average molecular weight is 338 g/mol. The molecule has 5 nitrogen and oxygen atoms in total. The molecule has 0 aliphatic rings. The van der Waals surface area contributed by atoms with Crippen LogP contribution in [0.3, 0.4) is 0 Å². The minimum atomic E-state index is -0.387. The van der Waals surface area contributed by atoms with E-state index >= 15 is 0 Å². The number of amides is 2. The number of carbonyl (C=O) groups excluding carboxylic acids is 2. The van der Waals surface area contributed by atoms with Crippen molar-refractivity contribution < 1.29 is 14.3 Å². The van der Waals surface area contributed by atoms with Gasteiger partial charge in [-0.3, -0.25) is 20.4 Å². The van der Waals surface area contributed by atoms with Gasteiger partial charge in [0.05, 0.1) is 6.61 Å². The molecule has 130 valence electrons. The maximum atomic E-state index is 11.7. The highest BCUT2D eigenvalue weighted by Crippen LogP contribution is 2.12. The molecule has 2 aromatic rings. The van der Waals surface area contributed by atoms with Crippen LogP contribution in [-0.4, -0.2) is 18.4 Å². The topological polar surface area (TPSA) is 67.4 Å². The molecule has 2 amide bonds. The van der Waals surface area contributed by atoms with E-state index in [1.165, 1.54) is 6.08 Å². The zero-order valence-corrected chi connectivity index (χ0v) is 14.2. The van der Waals surface area contributed by atoms with Gasteiger partial charge in [-0.2, -0.15) is 0 Å². The first-order valence-corrected chi connectivity index (χ1v) is 8.21. The van der Waals surface area contributed by atoms with Gasteiger partial charge in [0.2, 0.25) is 5.91 Å². The molecule has 0 radical (unpaired) electrons. The minimum Gasteiger partial charge on any atom is -0.494 e. The third-order valence-electron chi connectivity index (χ3n) is 3.43. The van der Waals surface area contributed by atoms with Crippen molar-refractivity contribution >= 4 is 17.9 Å². The van der Waals surface area contributed by atoms with Crippen molar-refractivity contribution in [1.29, 1.82) is 0 Å². The summed E-state index contributed by atoms with van der Waals surface area (Å²) in [4.78, 5) is 23.5. The van der Waals surface area contributed by atoms with E-state index in [2.05, 4.69) is 10.9 Å². The van der Waals surface area contributed by atoms with Gasteiger partial charge in [0.1, 0.15) is 5.75 Å². The molecule has 0 aromatic heterocycles. The standard InChI is InChI=1S/C20H22N2O3/c1-2-25-18-12-8-17(9-13-18)11-15-20(24)22-21-19(23)14-10-16-6-4-3-5-7-16/h3-9,11-13,15H,2,10,14H2,1H3,(H,21,23)(H,22,24)/b15-11+. The number of hydrazine groups is 1. The monoisotopic (exact) mass is 338 g/mol. The molecule has 0 bridgehead atoms. The Morgan fingerprint density at radius 3 is 2.40 bits per heavy atom. The minimum absolute atomic E-state index is 0.230. The van der Waals surface area contributed by atoms with Crippen LogP contribution in [0.4, 0.5) is 0 Å². The van der Waals surface area contributed by atoms with Crippen molar-refractivity contribution in [2.24, 2.45) is 0 Å². The fourth-order valence-corrected chi connectivity index (χ4v) is 2.15. The summed E-state index contributed by atoms with van der Waals surface area (Å²) in [5.41, 5.74) is 6.73. The van der Waals surface area contributed by atoms with Crippen LogP contribution in [-0.2, 0) is 16.0 Å². The molecule has 0 atom stereocenters. The molecule has 0 fully saturated rings. The van der Waals surface area contributed by atoms with Crippen molar-refractivity contribution in [1.82, 2.24) is 10.9 Å². The number of aryl methyl sites for hydroxylation is 1. The largest absolute Gasteiger partial charge is 0.494 e. The van der Waals surface area contributed by atoms with E-state index in [4.69, 9.17) is 4.74 Å². The van der Waals surface area contributed by atoms with Gasteiger partial charge < -0.3 is 4.74 Å². The quantitative estimate of drug-likeness (QED) is 0.602. The second-order valence-corrected chi connectivity index (χ2v) is 5.36. The lowest BCUT2D eigenvalue weighted by molar-refractivity contribution is -0.126. The first-order chi connectivity index (χ1) is 12.2. The third kappa shape index (κ3) is 6.91. The summed E-state index contributed by atoms with van der Waals surface area (Å²) in [6.45, 7) is 2.54. The summed E-state index contributed by atoms with van der Waals surface area (Å²) < 4.78 is 5.36. The lowest BCUT2D eigenvalue weighted by Crippen LogP contribution is -2.40. The lowest BCUT2D eigenvalue weighted by Gasteiger charge is -2.05. The molecule has 0 spiro atoms. The molecule has 2 aromatic carbocycles. The highest BCUT2D eigenvalue weighted by atomic mass is 16.5. The van der Waals surface area contributed by atoms with Gasteiger partial charge in [-0.25, -0.2) is 0 Å². The summed E-state index contributed by atoms with van der Waals surface area (Å²) in [6.07, 6.45) is 3.98. The summed E-state index contributed by atoms with van der Waals surface area (Å²) >= 11 is 0. The maximum absolute atomic E-state index is 11.7. The average Bonchev–Trinajstić information content (AvgIpc) is 2.65. The van der Waals surface area contributed by atoms with E-state index in [0.717, 1.165) is 16.9 Å². The second kappa shape index (κ2) is 9.93. The van der Waals surface area contributed by atoms with E-state index < -0.39 is 0 Å². The van der Waals surface area contributed by atoms with Crippen molar-refractivity contribution in [3.63, 3.8) is 0 Å². The molecule has 0 heterocycles. The molecule has 2 rings (SSSR count). The Hall–Kier alpha value is -3.08. The molecule has 0 aliphatic carbocycles. The van der Waals surface area contributed by atoms with Crippen LogP contribution in [0.1, 0.15) is 24.5 Å². The SMILES string of the molecule is CCOc1ccc(/C=C/C(=O)NNC(=O)CCc2ccccc2)cc1. The van der Waals surface area contributed by atoms with Crippen LogP contribution in [0.25, 0.3) is 6.08 Å². The summed E-state index contributed by atoms with van der Waals surface area (Å²) in [5.74, 6) is 0.170. The summed E-state index contributed by atoms with van der Waals surface area (Å²) in [5, 5.41) is 0. The van der Waals surface area contributed by atoms with Gasteiger partial charge in [-0.15, -0.1) is 0 Å². The number of carbonyl (C=O) groups is 2. The number of rotatable bonds is 7. The number of hydrogen-bond donors (Lipinski definition) is 2. The lowest BCUT2D eigenvalue weighted by atomic mass is 10.1. The van der Waals surface area contributed by atoms with Gasteiger partial charge in [0, 0.05) is 12.5 Å². The highest BCUT2D eigenvalue weighted by Gasteiger charge is 2.03. The van der Waals surface area contributed by atoms with Gasteiger partial charge in [0.25, 0.3) is 5.91 Å². The number of benzene rings is 2. The van der Waals surface area contributed by atoms with Crippen molar-refractivity contribution in [2.45, 2.75) is 19.8 Å². The summed E-state index contributed by atoms with van der Waals surface area (Å²) in [6, 6.07) is 17.1. The third-order valence-corrected chi connectivity index (χ3v) is 3.43. The van der Waals surface area contributed by atoms with Crippen LogP contribution in [0.15, 0.2) is 60.7 Å². The maximum Gasteiger partial charge on any atom is 0.262 e. The first-order valence-electron chi connectivity index (χ1n) is 8.21. The molecule has 5 heteroatoms.